The second-order valence-corrected chi connectivity index (χ2v) is 14.5. The van der Waals surface area contributed by atoms with Crippen LogP contribution in [0.2, 0.25) is 10.0 Å². The first-order valence-corrected chi connectivity index (χ1v) is 17.2. The summed E-state index contributed by atoms with van der Waals surface area (Å²) in [7, 11) is 1.29. The summed E-state index contributed by atoms with van der Waals surface area (Å²) in [6.45, 7) is 6.16. The fourth-order valence-corrected chi connectivity index (χ4v) is 6.73. The summed E-state index contributed by atoms with van der Waals surface area (Å²) in [5.74, 6) is -4.63. The van der Waals surface area contributed by atoms with Gasteiger partial charge in [0.15, 0.2) is 0 Å². The van der Waals surface area contributed by atoms with E-state index in [1.54, 1.807) is 0 Å². The van der Waals surface area contributed by atoms with Gasteiger partial charge >= 0.3 is 12.1 Å². The van der Waals surface area contributed by atoms with Crippen LogP contribution in [0, 0.1) is 28.4 Å². The second-order valence-electron chi connectivity index (χ2n) is 13.7. The lowest BCUT2D eigenvalue weighted by Gasteiger charge is -2.37. The van der Waals surface area contributed by atoms with Crippen molar-refractivity contribution in [2.75, 3.05) is 25.6 Å². The predicted octanol–water partition coefficient (Wildman–Crippen LogP) is 5.82. The Labute approximate surface area is 315 Å². The Bertz CT molecular complexity index is 1890. The number of rotatable bonds is 12. The molecule has 16 heteroatoms. The van der Waals surface area contributed by atoms with Gasteiger partial charge in [0, 0.05) is 36.0 Å². The van der Waals surface area contributed by atoms with Crippen molar-refractivity contribution in [2.45, 2.75) is 69.9 Å². The van der Waals surface area contributed by atoms with E-state index in [2.05, 4.69) is 22.0 Å². The van der Waals surface area contributed by atoms with Gasteiger partial charge in [-0.2, -0.15) is 5.26 Å². The molecular formula is C37H40Cl2F2N4O8. The molecule has 1 aliphatic heterocycles. The van der Waals surface area contributed by atoms with Crippen molar-refractivity contribution in [3.8, 4) is 11.8 Å². The van der Waals surface area contributed by atoms with E-state index in [0.29, 0.717) is 0 Å². The molecule has 2 amide bonds. The Morgan fingerprint density at radius 3 is 2.43 bits per heavy atom. The largest absolute Gasteiger partial charge is 0.495 e. The molecule has 1 aliphatic rings. The lowest BCUT2D eigenvalue weighted by atomic mass is 9.62. The van der Waals surface area contributed by atoms with E-state index >= 15 is 8.78 Å². The molecule has 3 aromatic rings. The number of ether oxygens (including phenoxy) is 3. The average molecular weight is 778 g/mol. The van der Waals surface area contributed by atoms with Crippen LogP contribution in [0.15, 0.2) is 54.6 Å². The maximum atomic E-state index is 16.0. The number of aliphatic hydroxyl groups is 2. The first-order chi connectivity index (χ1) is 24.9. The van der Waals surface area contributed by atoms with Crippen molar-refractivity contribution in [1.82, 2.24) is 10.6 Å². The molecule has 1 heterocycles. The van der Waals surface area contributed by atoms with Gasteiger partial charge < -0.3 is 40.4 Å². The van der Waals surface area contributed by atoms with E-state index in [1.165, 1.54) is 62.6 Å². The highest BCUT2D eigenvalue weighted by molar-refractivity contribution is 6.31. The van der Waals surface area contributed by atoms with Crippen LogP contribution in [0.4, 0.5) is 19.3 Å². The monoisotopic (exact) mass is 776 g/mol. The number of hydrogen-bond donors (Lipinski definition) is 5. The van der Waals surface area contributed by atoms with Crippen molar-refractivity contribution in [1.29, 1.82) is 5.26 Å². The second kappa shape index (κ2) is 17.1. The minimum atomic E-state index is -1.85. The summed E-state index contributed by atoms with van der Waals surface area (Å²) in [4.78, 5) is 39.1. The number of halogens is 4. The highest BCUT2D eigenvalue weighted by atomic mass is 35.5. The summed E-state index contributed by atoms with van der Waals surface area (Å²) in [6, 6.07) is 12.1. The van der Waals surface area contributed by atoms with Crippen molar-refractivity contribution in [3.05, 3.63) is 93.0 Å². The van der Waals surface area contributed by atoms with E-state index in [4.69, 9.17) is 42.5 Å². The van der Waals surface area contributed by atoms with Gasteiger partial charge in [-0.05, 0) is 53.8 Å². The summed E-state index contributed by atoms with van der Waals surface area (Å²) in [6.07, 6.45) is -3.30. The number of nitriles is 1. The maximum Gasteiger partial charge on any atom is 0.410 e. The number of hydrogen-bond acceptors (Lipinski definition) is 10. The van der Waals surface area contributed by atoms with Crippen LogP contribution in [0.5, 0.6) is 5.75 Å². The lowest BCUT2D eigenvalue weighted by Crippen LogP contribution is -2.45. The van der Waals surface area contributed by atoms with Crippen LogP contribution >= 0.6 is 23.2 Å². The van der Waals surface area contributed by atoms with Crippen LogP contribution in [-0.2, 0) is 19.7 Å². The van der Waals surface area contributed by atoms with Gasteiger partial charge in [-0.3, -0.25) is 4.79 Å². The number of carbonyl (C=O) groups excluding carboxylic acids is 3. The molecule has 284 valence electrons. The zero-order valence-electron chi connectivity index (χ0n) is 29.5. The van der Waals surface area contributed by atoms with Crippen molar-refractivity contribution in [2.24, 2.45) is 5.41 Å². The Kier molecular flexibility index (Phi) is 13.3. The van der Waals surface area contributed by atoms with Crippen LogP contribution in [0.1, 0.15) is 61.5 Å². The molecular weight excluding hydrogens is 737 g/mol. The Balaban J connectivity index is 1.70. The number of methoxy groups -OCH3 is 1. The Hall–Kier alpha value is -4.52. The molecule has 0 bridgehead atoms. The number of nitrogens with one attached hydrogen (secondary N) is 3. The highest BCUT2D eigenvalue weighted by Gasteiger charge is 2.61. The summed E-state index contributed by atoms with van der Waals surface area (Å²) >= 11 is 12.3. The summed E-state index contributed by atoms with van der Waals surface area (Å²) in [5.41, 5.74) is -2.42. The predicted molar refractivity (Wildman–Crippen MR) is 192 cm³/mol. The standard InChI is InChI=1S/C37H40Cl2F2N4O8/c1-19(53-35(50)43-16-22(47)17-46)52-34(49)20-9-12-27(28(13-20)51-5)44-33(48)32-30(23-7-6-8-25(39)31(23)41)37(18-42,29(45-32)15-36(2,3)4)24-11-10-21(38)14-26(24)40/h6-14,19,22,29-30,32,45-47H,15-17H2,1-5H3,(H,43,50)(H,44,48). The quantitative estimate of drug-likeness (QED) is 0.111. The number of nitrogens with zero attached hydrogens (tertiary/aromatic N) is 1. The number of alkyl carbamates (subject to hydrolysis) is 1. The van der Waals surface area contributed by atoms with Crippen LogP contribution in [-0.4, -0.2) is 72.9 Å². The molecule has 0 saturated carbocycles. The lowest BCUT2D eigenvalue weighted by molar-refractivity contribution is -0.118. The zero-order chi connectivity index (χ0) is 39.2. The van der Waals surface area contributed by atoms with Crippen molar-refractivity contribution >= 4 is 46.9 Å². The minimum Gasteiger partial charge on any atom is -0.495 e. The molecule has 53 heavy (non-hydrogen) atoms. The third kappa shape index (κ3) is 9.35. The molecule has 1 saturated heterocycles. The maximum absolute atomic E-state index is 16.0. The smallest absolute Gasteiger partial charge is 0.410 e. The van der Waals surface area contributed by atoms with Crippen LogP contribution in [0.25, 0.3) is 0 Å². The van der Waals surface area contributed by atoms with E-state index in [-0.39, 0.29) is 51.1 Å². The average Bonchev–Trinajstić information content (AvgIpc) is 3.41. The van der Waals surface area contributed by atoms with Gasteiger partial charge in [0.2, 0.25) is 12.2 Å². The molecule has 0 radical (unpaired) electrons. The molecule has 0 aromatic heterocycles. The number of benzene rings is 3. The van der Waals surface area contributed by atoms with Crippen LogP contribution in [0.3, 0.4) is 0 Å². The van der Waals surface area contributed by atoms with Gasteiger partial charge in [-0.1, -0.05) is 62.2 Å². The number of esters is 1. The molecule has 3 aromatic carbocycles. The molecule has 6 unspecified atom stereocenters. The van der Waals surface area contributed by atoms with Gasteiger partial charge in [-0.25, -0.2) is 18.4 Å². The molecule has 0 spiro atoms. The van der Waals surface area contributed by atoms with E-state index in [9.17, 15) is 24.8 Å². The summed E-state index contributed by atoms with van der Waals surface area (Å²) in [5, 5.41) is 37.3. The van der Waals surface area contributed by atoms with E-state index in [0.717, 1.165) is 6.07 Å². The SMILES string of the molecule is COc1cc(C(=O)OC(C)OC(=O)NCC(O)CO)ccc1NC(=O)C1NC(CC(C)(C)C)C(C#N)(c2ccc(Cl)cc2F)C1c1cccc(Cl)c1F. The third-order valence-corrected chi connectivity index (χ3v) is 9.19. The molecule has 5 N–H and O–H groups in total. The minimum absolute atomic E-state index is 0.0159. The van der Waals surface area contributed by atoms with Gasteiger partial charge in [0.05, 0.1) is 48.2 Å². The van der Waals surface area contributed by atoms with Gasteiger partial charge in [0.25, 0.3) is 0 Å². The van der Waals surface area contributed by atoms with Crippen LogP contribution < -0.4 is 20.7 Å². The van der Waals surface area contributed by atoms with Crippen molar-refractivity contribution < 1.29 is 47.6 Å². The zero-order valence-corrected chi connectivity index (χ0v) is 31.0. The Morgan fingerprint density at radius 1 is 1.09 bits per heavy atom. The number of carbonyl (C=O) groups is 3. The Morgan fingerprint density at radius 2 is 1.81 bits per heavy atom. The molecule has 12 nitrogen and oxygen atoms in total. The topological polar surface area (TPSA) is 179 Å². The van der Waals surface area contributed by atoms with Gasteiger partial charge in [-0.15, -0.1) is 0 Å². The number of anilines is 1. The van der Waals surface area contributed by atoms with E-state index in [1.807, 2.05) is 20.8 Å². The molecule has 4 rings (SSSR count). The molecule has 0 aliphatic carbocycles. The highest BCUT2D eigenvalue weighted by Crippen LogP contribution is 2.53. The fourth-order valence-electron chi connectivity index (χ4n) is 6.39. The normalized spacial score (nSPS) is 20.8. The van der Waals surface area contributed by atoms with Gasteiger partial charge in [0.1, 0.15) is 22.8 Å². The fraction of sp³-hybridized carbons (Fsp3) is 0.405. The molecule has 6 atom stereocenters. The van der Waals surface area contributed by atoms with Crippen molar-refractivity contribution in [3.63, 3.8) is 0 Å². The molecule has 1 fully saturated rings. The first kappa shape index (κ1) is 41.2. The summed E-state index contributed by atoms with van der Waals surface area (Å²) < 4.78 is 47.5. The third-order valence-electron chi connectivity index (χ3n) is 8.67. The first-order valence-electron chi connectivity index (χ1n) is 16.5. The number of amides is 2. The van der Waals surface area contributed by atoms with E-state index < -0.39 is 77.4 Å². The number of aliphatic hydroxyl groups excluding tert-OH is 2.